The van der Waals surface area contributed by atoms with Crippen LogP contribution in [0.25, 0.3) is 0 Å². The molecular weight excluding hydrogens is 458 g/mol. The van der Waals surface area contributed by atoms with Gasteiger partial charge in [-0.1, -0.05) is 23.6 Å². The van der Waals surface area contributed by atoms with Gasteiger partial charge >= 0.3 is 15.6 Å². The Morgan fingerprint density at radius 1 is 1.12 bits per heavy atom. The summed E-state index contributed by atoms with van der Waals surface area (Å²) in [5.74, 6) is 3.01. The highest BCUT2D eigenvalue weighted by molar-refractivity contribution is 7.61. The Hall–Kier alpha value is -2.01. The number of carbonyl (C=O) groups excluding carboxylic acids is 1. The lowest BCUT2D eigenvalue weighted by atomic mass is 10.1. The molecular formula is C21H28O9P2. The molecule has 0 heterocycles. The van der Waals surface area contributed by atoms with E-state index >= 15 is 0 Å². The average Bonchev–Trinajstić information content (AvgIpc) is 2.77. The van der Waals surface area contributed by atoms with Gasteiger partial charge in [0.25, 0.3) is 0 Å². The first-order chi connectivity index (χ1) is 15.1. The lowest BCUT2D eigenvalue weighted by Gasteiger charge is -2.16. The van der Waals surface area contributed by atoms with Crippen molar-refractivity contribution in [2.75, 3.05) is 27.4 Å². The second kappa shape index (κ2) is 13.5. The van der Waals surface area contributed by atoms with E-state index in [0.29, 0.717) is 36.2 Å². The van der Waals surface area contributed by atoms with E-state index in [-0.39, 0.29) is 6.61 Å². The summed E-state index contributed by atoms with van der Waals surface area (Å²) >= 11 is 0. The van der Waals surface area contributed by atoms with Gasteiger partial charge in [-0.15, -0.1) is 6.42 Å². The van der Waals surface area contributed by atoms with E-state index in [2.05, 4.69) is 19.3 Å². The number of carbonyl (C=O) groups is 1. The third-order valence-electron chi connectivity index (χ3n) is 4.05. The molecule has 9 nitrogen and oxygen atoms in total. The van der Waals surface area contributed by atoms with Crippen LogP contribution in [0.2, 0.25) is 0 Å². The summed E-state index contributed by atoms with van der Waals surface area (Å²) in [6, 6.07) is 4.93. The minimum atomic E-state index is -4.52. The van der Waals surface area contributed by atoms with E-state index in [1.54, 1.807) is 24.3 Å². The fraction of sp³-hybridized carbons (Fsp3) is 0.381. The Morgan fingerprint density at radius 3 is 2.44 bits per heavy atom. The van der Waals surface area contributed by atoms with Crippen molar-refractivity contribution in [3.8, 4) is 18.1 Å². The molecule has 0 fully saturated rings. The predicted molar refractivity (Wildman–Crippen MR) is 120 cm³/mol. The van der Waals surface area contributed by atoms with Gasteiger partial charge < -0.3 is 9.63 Å². The molecule has 2 atom stereocenters. The standard InChI is InChI=1S/C21H28O9P2/c1-6-19-12-20(15-22)14-21(13-19)28-16-18(3)9-7-8-17(2)10-11-29-32(25,27-5)30-31(23,24)26-4/h1,9-10,12-15H,7-8,11,16H2,2-5H3,(H,23,24)/b17-10+,18-9+. The monoisotopic (exact) mass is 486 g/mol. The van der Waals surface area contributed by atoms with Crippen molar-refractivity contribution in [3.05, 3.63) is 52.6 Å². The van der Waals surface area contributed by atoms with Gasteiger partial charge in [-0.2, -0.15) is 4.31 Å². The van der Waals surface area contributed by atoms with E-state index in [1.165, 1.54) is 0 Å². The molecule has 0 saturated heterocycles. The second-order valence-electron chi connectivity index (χ2n) is 6.64. The largest absolute Gasteiger partial charge is 0.489 e. The molecule has 1 rings (SSSR count). The Labute approximate surface area is 188 Å². The Bertz CT molecular complexity index is 976. The fourth-order valence-electron chi connectivity index (χ4n) is 2.30. The Morgan fingerprint density at radius 2 is 1.84 bits per heavy atom. The van der Waals surface area contributed by atoms with Crippen molar-refractivity contribution in [2.24, 2.45) is 0 Å². The highest BCUT2D eigenvalue weighted by atomic mass is 31.3. The molecule has 0 aromatic heterocycles. The maximum absolute atomic E-state index is 12.1. The number of allylic oxidation sites excluding steroid dienone is 2. The molecule has 0 spiro atoms. The molecule has 0 amide bonds. The maximum atomic E-state index is 12.1. The summed E-state index contributed by atoms with van der Waals surface area (Å²) in [5, 5.41) is 0. The summed E-state index contributed by atoms with van der Waals surface area (Å²) in [4.78, 5) is 20.2. The molecule has 0 aliphatic carbocycles. The summed E-state index contributed by atoms with van der Waals surface area (Å²) in [6.45, 7) is 3.98. The zero-order chi connectivity index (χ0) is 24.2. The van der Waals surface area contributed by atoms with Crippen molar-refractivity contribution in [1.82, 2.24) is 0 Å². The second-order valence-corrected chi connectivity index (χ2v) is 10.1. The van der Waals surface area contributed by atoms with Crippen LogP contribution in [0.1, 0.15) is 42.6 Å². The Balaban J connectivity index is 2.51. The van der Waals surface area contributed by atoms with Crippen LogP contribution in [0.3, 0.4) is 0 Å². The van der Waals surface area contributed by atoms with Crippen LogP contribution in [-0.4, -0.2) is 38.6 Å². The van der Waals surface area contributed by atoms with Gasteiger partial charge in [0.15, 0.2) is 0 Å². The number of hydrogen-bond donors (Lipinski definition) is 1. The van der Waals surface area contributed by atoms with E-state index in [4.69, 9.17) is 15.7 Å². The van der Waals surface area contributed by atoms with Crippen molar-refractivity contribution in [3.63, 3.8) is 0 Å². The van der Waals surface area contributed by atoms with Gasteiger partial charge in [0.05, 0.1) is 6.61 Å². The summed E-state index contributed by atoms with van der Waals surface area (Å²) in [5.41, 5.74) is 2.95. The minimum absolute atomic E-state index is 0.142. The predicted octanol–water partition coefficient (Wildman–Crippen LogP) is 5.07. The summed E-state index contributed by atoms with van der Waals surface area (Å²) in [6.07, 6.45) is 11.2. The first kappa shape index (κ1) is 28.0. The lowest BCUT2D eigenvalue weighted by Crippen LogP contribution is -2.00. The minimum Gasteiger partial charge on any atom is -0.489 e. The SMILES string of the molecule is C#Cc1cc(C=O)cc(OC/C(C)=C/CC/C(C)=C/COP(=O)(OC)OP(=O)(O)OC)c1. The van der Waals surface area contributed by atoms with Crippen LogP contribution in [0.15, 0.2) is 41.5 Å². The van der Waals surface area contributed by atoms with Crippen molar-refractivity contribution < 1.29 is 41.4 Å². The number of hydrogen-bond acceptors (Lipinski definition) is 8. The van der Waals surface area contributed by atoms with Crippen LogP contribution >= 0.6 is 15.6 Å². The zero-order valence-electron chi connectivity index (χ0n) is 18.5. The van der Waals surface area contributed by atoms with Gasteiger partial charge in [0, 0.05) is 25.3 Å². The number of rotatable bonds is 14. The lowest BCUT2D eigenvalue weighted by molar-refractivity contribution is 0.112. The van der Waals surface area contributed by atoms with E-state index in [9.17, 15) is 18.8 Å². The van der Waals surface area contributed by atoms with Crippen LogP contribution in [0.5, 0.6) is 5.75 Å². The molecule has 176 valence electrons. The number of benzene rings is 1. The highest BCUT2D eigenvalue weighted by Gasteiger charge is 2.36. The molecule has 1 aromatic carbocycles. The number of aldehydes is 1. The van der Waals surface area contributed by atoms with E-state index in [0.717, 1.165) is 31.8 Å². The van der Waals surface area contributed by atoms with Crippen molar-refractivity contribution in [2.45, 2.75) is 26.7 Å². The quantitative estimate of drug-likeness (QED) is 0.166. The van der Waals surface area contributed by atoms with Crippen LogP contribution in [-0.2, 0) is 27.0 Å². The third kappa shape index (κ3) is 10.5. The number of ether oxygens (including phenoxy) is 1. The first-order valence-corrected chi connectivity index (χ1v) is 12.4. The molecule has 32 heavy (non-hydrogen) atoms. The molecule has 0 radical (unpaired) electrons. The van der Waals surface area contributed by atoms with Crippen molar-refractivity contribution >= 4 is 21.9 Å². The molecule has 0 saturated carbocycles. The smallest absolute Gasteiger partial charge is 0.483 e. The summed E-state index contributed by atoms with van der Waals surface area (Å²) in [7, 11) is -6.79. The van der Waals surface area contributed by atoms with E-state index < -0.39 is 15.6 Å². The number of terminal acetylenes is 1. The fourth-order valence-corrected chi connectivity index (χ4v) is 4.40. The van der Waals surface area contributed by atoms with Gasteiger partial charge in [-0.3, -0.25) is 18.4 Å². The highest BCUT2D eigenvalue weighted by Crippen LogP contribution is 2.62. The maximum Gasteiger partial charge on any atom is 0.483 e. The summed E-state index contributed by atoms with van der Waals surface area (Å²) < 4.78 is 47.4. The molecule has 0 aliphatic rings. The normalized spacial score (nSPS) is 16.0. The number of phosphoric acid groups is 2. The zero-order valence-corrected chi connectivity index (χ0v) is 20.3. The molecule has 2 unspecified atom stereocenters. The molecule has 0 bridgehead atoms. The third-order valence-corrected chi connectivity index (χ3v) is 7.05. The number of phosphoric ester groups is 2. The van der Waals surface area contributed by atoms with Gasteiger partial charge in [0.2, 0.25) is 0 Å². The molecule has 1 N–H and O–H groups in total. The molecule has 1 aromatic rings. The van der Waals surface area contributed by atoms with Gasteiger partial charge in [-0.05, 0) is 50.5 Å². The first-order valence-electron chi connectivity index (χ1n) is 9.47. The van der Waals surface area contributed by atoms with Gasteiger partial charge in [-0.25, -0.2) is 9.13 Å². The van der Waals surface area contributed by atoms with Crippen LogP contribution in [0, 0.1) is 12.3 Å². The molecule has 11 heteroatoms. The topological polar surface area (TPSA) is 118 Å². The molecule has 0 aliphatic heterocycles. The average molecular weight is 486 g/mol. The van der Waals surface area contributed by atoms with E-state index in [1.807, 2.05) is 19.9 Å². The van der Waals surface area contributed by atoms with Gasteiger partial charge in [0.1, 0.15) is 18.6 Å². The van der Waals surface area contributed by atoms with Crippen LogP contribution < -0.4 is 4.74 Å². The van der Waals surface area contributed by atoms with Crippen molar-refractivity contribution in [1.29, 1.82) is 0 Å². The Kier molecular flexibility index (Phi) is 11.8. The van der Waals surface area contributed by atoms with Crippen LogP contribution in [0.4, 0.5) is 0 Å².